The quantitative estimate of drug-likeness (QED) is 0.942. The summed E-state index contributed by atoms with van der Waals surface area (Å²) in [4.78, 5) is 15.3. The highest BCUT2D eigenvalue weighted by molar-refractivity contribution is 9.10. The molecule has 0 fully saturated rings. The summed E-state index contributed by atoms with van der Waals surface area (Å²) >= 11 is 4.61. The second-order valence-corrected chi connectivity index (χ2v) is 4.80. The van der Waals surface area contributed by atoms with Gasteiger partial charge in [0.15, 0.2) is 5.69 Å². The zero-order chi connectivity index (χ0) is 11.5. The van der Waals surface area contributed by atoms with Gasteiger partial charge in [0.25, 0.3) is 5.22 Å². The Morgan fingerprint density at radius 1 is 1.50 bits per heavy atom. The van der Waals surface area contributed by atoms with Crippen LogP contribution in [0.4, 0.5) is 0 Å². The van der Waals surface area contributed by atoms with E-state index >= 15 is 0 Å². The molecule has 4 nitrogen and oxygen atoms in total. The lowest BCUT2D eigenvalue weighted by Gasteiger charge is -1.96. The fourth-order valence-electron chi connectivity index (χ4n) is 1.03. The van der Waals surface area contributed by atoms with E-state index in [1.54, 1.807) is 0 Å². The van der Waals surface area contributed by atoms with Gasteiger partial charge in [0.05, 0.1) is 0 Å². The molecular weight excluding hydrogens is 294 g/mol. The minimum atomic E-state index is -1.09. The topological polar surface area (TPSA) is 63.3 Å². The third-order valence-corrected chi connectivity index (χ3v) is 3.05. The van der Waals surface area contributed by atoms with Crippen molar-refractivity contribution < 1.29 is 14.3 Å². The van der Waals surface area contributed by atoms with Crippen molar-refractivity contribution in [2.45, 2.75) is 10.1 Å². The van der Waals surface area contributed by atoms with Gasteiger partial charge in [-0.05, 0) is 30.0 Å². The normalized spacial score (nSPS) is 10.3. The van der Waals surface area contributed by atoms with Crippen molar-refractivity contribution in [1.82, 2.24) is 4.98 Å². The van der Waals surface area contributed by atoms with Gasteiger partial charge < -0.3 is 9.52 Å². The van der Waals surface area contributed by atoms with Gasteiger partial charge in [0, 0.05) is 9.37 Å². The fraction of sp³-hybridized carbons (Fsp3) is 0. The minimum absolute atomic E-state index is 0.0857. The molecule has 0 atom stereocenters. The molecular formula is C10H6BrNO3S. The van der Waals surface area contributed by atoms with Gasteiger partial charge in [-0.3, -0.25) is 0 Å². The summed E-state index contributed by atoms with van der Waals surface area (Å²) in [7, 11) is 0. The Hall–Kier alpha value is -1.27. The predicted molar refractivity (Wildman–Crippen MR) is 61.7 cm³/mol. The lowest BCUT2D eigenvalue weighted by atomic mass is 10.4. The first-order valence-corrected chi connectivity index (χ1v) is 5.88. The molecule has 82 valence electrons. The Morgan fingerprint density at radius 3 is 2.94 bits per heavy atom. The van der Waals surface area contributed by atoms with E-state index in [4.69, 9.17) is 9.52 Å². The molecule has 0 spiro atoms. The highest BCUT2D eigenvalue weighted by atomic mass is 79.9. The molecule has 0 amide bonds. The lowest BCUT2D eigenvalue weighted by molar-refractivity contribution is 0.0690. The molecule has 0 saturated carbocycles. The number of aromatic nitrogens is 1. The maximum absolute atomic E-state index is 10.6. The molecule has 0 saturated heterocycles. The van der Waals surface area contributed by atoms with Gasteiger partial charge in [-0.15, -0.1) is 0 Å². The molecule has 0 radical (unpaired) electrons. The zero-order valence-corrected chi connectivity index (χ0v) is 10.3. The van der Waals surface area contributed by atoms with E-state index < -0.39 is 5.97 Å². The van der Waals surface area contributed by atoms with Crippen LogP contribution in [0, 0.1) is 0 Å². The molecule has 0 aliphatic carbocycles. The summed E-state index contributed by atoms with van der Waals surface area (Å²) in [6, 6.07) is 7.57. The second-order valence-electron chi connectivity index (χ2n) is 2.86. The number of nitrogens with zero attached hydrogens (tertiary/aromatic N) is 1. The van der Waals surface area contributed by atoms with Gasteiger partial charge in [-0.1, -0.05) is 22.0 Å². The maximum Gasteiger partial charge on any atom is 0.357 e. The predicted octanol–water partition coefficient (Wildman–Crippen LogP) is 3.29. The monoisotopic (exact) mass is 299 g/mol. The van der Waals surface area contributed by atoms with Crippen LogP contribution in [0.25, 0.3) is 0 Å². The highest BCUT2D eigenvalue weighted by Crippen LogP contribution is 2.28. The van der Waals surface area contributed by atoms with E-state index in [0.29, 0.717) is 5.22 Å². The van der Waals surface area contributed by atoms with Crippen molar-refractivity contribution in [2.75, 3.05) is 0 Å². The van der Waals surface area contributed by atoms with E-state index in [-0.39, 0.29) is 5.69 Å². The van der Waals surface area contributed by atoms with Crippen LogP contribution in [-0.4, -0.2) is 16.1 Å². The van der Waals surface area contributed by atoms with Gasteiger partial charge in [-0.2, -0.15) is 4.98 Å². The summed E-state index contributed by atoms with van der Waals surface area (Å²) in [6.45, 7) is 0. The van der Waals surface area contributed by atoms with Crippen LogP contribution in [-0.2, 0) is 0 Å². The molecule has 6 heteroatoms. The van der Waals surface area contributed by atoms with Gasteiger partial charge in [-0.25, -0.2) is 4.79 Å². The minimum Gasteiger partial charge on any atom is -0.476 e. The summed E-state index contributed by atoms with van der Waals surface area (Å²) in [5.41, 5.74) is -0.0857. The van der Waals surface area contributed by atoms with Gasteiger partial charge in [0.1, 0.15) is 6.26 Å². The third-order valence-electron chi connectivity index (χ3n) is 1.70. The third kappa shape index (κ3) is 2.65. The summed E-state index contributed by atoms with van der Waals surface area (Å²) in [5.74, 6) is -1.09. The fourth-order valence-corrected chi connectivity index (χ4v) is 2.36. The van der Waals surface area contributed by atoms with Crippen LogP contribution < -0.4 is 0 Å². The number of oxazole rings is 1. The van der Waals surface area contributed by atoms with E-state index in [0.717, 1.165) is 15.6 Å². The second kappa shape index (κ2) is 4.71. The number of rotatable bonds is 3. The summed E-state index contributed by atoms with van der Waals surface area (Å²) in [6.07, 6.45) is 1.13. The number of carboxylic acid groups (broad SMARTS) is 1. The van der Waals surface area contributed by atoms with Crippen molar-refractivity contribution in [1.29, 1.82) is 0 Å². The van der Waals surface area contributed by atoms with Crippen LogP contribution in [0.15, 0.2) is 49.5 Å². The Kier molecular flexibility index (Phi) is 3.31. The van der Waals surface area contributed by atoms with Crippen molar-refractivity contribution >= 4 is 33.7 Å². The van der Waals surface area contributed by atoms with Crippen molar-refractivity contribution in [3.05, 3.63) is 40.7 Å². The van der Waals surface area contributed by atoms with Crippen LogP contribution in [0.3, 0.4) is 0 Å². The van der Waals surface area contributed by atoms with E-state index in [1.165, 1.54) is 11.8 Å². The molecule has 0 bridgehead atoms. The molecule has 16 heavy (non-hydrogen) atoms. The Morgan fingerprint density at radius 2 is 2.31 bits per heavy atom. The lowest BCUT2D eigenvalue weighted by Crippen LogP contribution is -1.95. The van der Waals surface area contributed by atoms with Crippen molar-refractivity contribution in [3.8, 4) is 0 Å². The molecule has 0 aliphatic heterocycles. The number of hydrogen-bond acceptors (Lipinski definition) is 4. The van der Waals surface area contributed by atoms with E-state index in [2.05, 4.69) is 20.9 Å². The molecule has 1 N–H and O–H groups in total. The molecule has 1 heterocycles. The number of carbonyl (C=O) groups is 1. The van der Waals surface area contributed by atoms with Crippen molar-refractivity contribution in [3.63, 3.8) is 0 Å². The van der Waals surface area contributed by atoms with E-state index in [1.807, 2.05) is 24.3 Å². The Balaban J connectivity index is 2.17. The first-order chi connectivity index (χ1) is 7.65. The first kappa shape index (κ1) is 11.2. The number of aromatic carboxylic acids is 1. The standard InChI is InChI=1S/C10H6BrNO3S/c11-6-2-1-3-7(4-6)16-10-12-8(5-15-10)9(13)14/h1-5H,(H,13,14). The number of hydrogen-bond donors (Lipinski definition) is 1. The average molecular weight is 300 g/mol. The molecule has 0 unspecified atom stereocenters. The summed E-state index contributed by atoms with van der Waals surface area (Å²) in [5, 5.41) is 8.98. The van der Waals surface area contributed by atoms with Crippen LogP contribution in [0.1, 0.15) is 10.5 Å². The molecule has 1 aromatic carbocycles. The van der Waals surface area contributed by atoms with Gasteiger partial charge in [0.2, 0.25) is 0 Å². The van der Waals surface area contributed by atoms with Gasteiger partial charge >= 0.3 is 5.97 Å². The van der Waals surface area contributed by atoms with Crippen molar-refractivity contribution in [2.24, 2.45) is 0 Å². The van der Waals surface area contributed by atoms with Crippen LogP contribution >= 0.6 is 27.7 Å². The SMILES string of the molecule is O=C(O)c1coc(Sc2cccc(Br)c2)n1. The Bertz CT molecular complexity index is 526. The summed E-state index contributed by atoms with van der Waals surface area (Å²) < 4.78 is 5.97. The number of carboxylic acids is 1. The Labute approximate surface area is 104 Å². The molecule has 1 aromatic heterocycles. The smallest absolute Gasteiger partial charge is 0.357 e. The largest absolute Gasteiger partial charge is 0.476 e. The first-order valence-electron chi connectivity index (χ1n) is 4.27. The average Bonchev–Trinajstić information content (AvgIpc) is 2.66. The van der Waals surface area contributed by atoms with E-state index in [9.17, 15) is 4.79 Å². The van der Waals surface area contributed by atoms with Crippen LogP contribution in [0.2, 0.25) is 0 Å². The maximum atomic E-state index is 10.6. The number of halogens is 1. The van der Waals surface area contributed by atoms with Crippen LogP contribution in [0.5, 0.6) is 0 Å². The molecule has 2 aromatic rings. The number of benzene rings is 1. The zero-order valence-electron chi connectivity index (χ0n) is 7.88. The highest BCUT2D eigenvalue weighted by Gasteiger charge is 2.11. The molecule has 0 aliphatic rings. The molecule has 2 rings (SSSR count).